The minimum absolute atomic E-state index is 0.0676. The van der Waals surface area contributed by atoms with E-state index in [1.54, 1.807) is 30.3 Å². The van der Waals surface area contributed by atoms with Crippen molar-refractivity contribution in [1.82, 2.24) is 5.32 Å². The van der Waals surface area contributed by atoms with Crippen LogP contribution in [0.15, 0.2) is 78.5 Å². The second kappa shape index (κ2) is 10.8. The first-order chi connectivity index (χ1) is 16.9. The second-order valence-corrected chi connectivity index (χ2v) is 9.28. The number of anilines is 1. The van der Waals surface area contributed by atoms with E-state index in [4.69, 9.17) is 0 Å². The Morgan fingerprint density at radius 1 is 0.889 bits per heavy atom. The van der Waals surface area contributed by atoms with Crippen LogP contribution in [-0.4, -0.2) is 22.5 Å². The lowest BCUT2D eigenvalue weighted by Crippen LogP contribution is -2.30. The van der Waals surface area contributed by atoms with E-state index in [1.807, 2.05) is 12.1 Å². The van der Waals surface area contributed by atoms with Crippen LogP contribution in [0.5, 0.6) is 0 Å². The van der Waals surface area contributed by atoms with E-state index in [-0.39, 0.29) is 22.6 Å². The van der Waals surface area contributed by atoms with Gasteiger partial charge < -0.3 is 10.6 Å². The van der Waals surface area contributed by atoms with Crippen LogP contribution >= 0.6 is 0 Å². The Kier molecular flexibility index (Phi) is 7.79. The van der Waals surface area contributed by atoms with E-state index in [9.17, 15) is 24.5 Å². The Morgan fingerprint density at radius 2 is 1.53 bits per heavy atom. The van der Waals surface area contributed by atoms with Crippen LogP contribution in [-0.2, 0) is 10.2 Å². The third kappa shape index (κ3) is 6.73. The maximum Gasteiger partial charge on any atom is 0.272 e. The topological polar surface area (TPSA) is 118 Å². The first-order valence-electron chi connectivity index (χ1n) is 11.2. The molecule has 0 aliphatic carbocycles. The van der Waals surface area contributed by atoms with Crippen LogP contribution in [0.2, 0.25) is 0 Å². The highest BCUT2D eigenvalue weighted by Crippen LogP contribution is 2.22. The molecule has 3 aromatic carbocycles. The molecule has 0 bridgehead atoms. The first-order valence-corrected chi connectivity index (χ1v) is 11.2. The average molecular weight is 486 g/mol. The van der Waals surface area contributed by atoms with Gasteiger partial charge in [-0.3, -0.25) is 24.5 Å². The number of nitrogens with one attached hydrogen (secondary N) is 2. The maximum atomic E-state index is 13.1. The van der Waals surface area contributed by atoms with Gasteiger partial charge in [0.05, 0.1) is 4.92 Å². The highest BCUT2D eigenvalue weighted by molar-refractivity contribution is 6.11. The molecule has 0 aliphatic rings. The zero-order valence-corrected chi connectivity index (χ0v) is 20.5. The number of nitro benzene ring substituents is 1. The van der Waals surface area contributed by atoms with Gasteiger partial charge in [0.25, 0.3) is 17.5 Å². The Hall–Kier alpha value is -4.59. The fraction of sp³-hybridized carbons (Fsp3) is 0.179. The number of ketones is 1. The van der Waals surface area contributed by atoms with Crippen LogP contribution in [0.3, 0.4) is 0 Å². The number of non-ortho nitro benzene ring substituents is 1. The highest BCUT2D eigenvalue weighted by Gasteiger charge is 2.18. The molecule has 0 saturated heterocycles. The summed E-state index contributed by atoms with van der Waals surface area (Å²) >= 11 is 0. The maximum absolute atomic E-state index is 13.1. The molecular formula is C28H27N3O5. The van der Waals surface area contributed by atoms with Gasteiger partial charge in [-0.05, 0) is 65.9 Å². The van der Waals surface area contributed by atoms with E-state index in [0.29, 0.717) is 22.4 Å². The predicted molar refractivity (Wildman–Crippen MR) is 139 cm³/mol. The number of hydrogen-bond donors (Lipinski definition) is 2. The van der Waals surface area contributed by atoms with Crippen molar-refractivity contribution in [3.05, 3.63) is 111 Å². The molecule has 8 nitrogen and oxygen atoms in total. The summed E-state index contributed by atoms with van der Waals surface area (Å²) in [5.41, 5.74) is 2.47. The summed E-state index contributed by atoms with van der Waals surface area (Å²) in [4.78, 5) is 48.2. The Labute approximate surface area is 209 Å². The number of Topliss-reactive ketones (excluding diaryl/α,β-unsaturated/α-hetero) is 1. The van der Waals surface area contributed by atoms with Crippen molar-refractivity contribution >= 4 is 35.0 Å². The van der Waals surface area contributed by atoms with Gasteiger partial charge in [-0.15, -0.1) is 0 Å². The quantitative estimate of drug-likeness (QED) is 0.198. The van der Waals surface area contributed by atoms with Crippen molar-refractivity contribution < 1.29 is 19.3 Å². The number of hydrogen-bond acceptors (Lipinski definition) is 5. The molecule has 0 aliphatic heterocycles. The largest absolute Gasteiger partial charge is 0.321 e. The minimum Gasteiger partial charge on any atom is -0.321 e. The van der Waals surface area contributed by atoms with Gasteiger partial charge in [-0.1, -0.05) is 45.0 Å². The third-order valence-corrected chi connectivity index (χ3v) is 5.45. The summed E-state index contributed by atoms with van der Waals surface area (Å²) in [6.45, 7) is 7.63. The van der Waals surface area contributed by atoms with Crippen LogP contribution in [0.25, 0.3) is 6.08 Å². The number of amides is 2. The van der Waals surface area contributed by atoms with E-state index in [1.165, 1.54) is 43.3 Å². The minimum atomic E-state index is -0.617. The lowest BCUT2D eigenvalue weighted by molar-refractivity contribution is -0.384. The van der Waals surface area contributed by atoms with Crippen molar-refractivity contribution in [1.29, 1.82) is 0 Å². The third-order valence-electron chi connectivity index (χ3n) is 5.45. The van der Waals surface area contributed by atoms with Gasteiger partial charge in [0.2, 0.25) is 0 Å². The Bertz CT molecular complexity index is 1330. The molecule has 2 amide bonds. The van der Waals surface area contributed by atoms with Gasteiger partial charge in [0, 0.05) is 28.9 Å². The fourth-order valence-electron chi connectivity index (χ4n) is 3.35. The lowest BCUT2D eigenvalue weighted by Gasteiger charge is -2.19. The van der Waals surface area contributed by atoms with Crippen LogP contribution in [0, 0.1) is 10.1 Å². The van der Waals surface area contributed by atoms with E-state index in [2.05, 4.69) is 31.4 Å². The summed E-state index contributed by atoms with van der Waals surface area (Å²) in [6, 6.07) is 19.1. The van der Waals surface area contributed by atoms with Crippen molar-refractivity contribution in [2.45, 2.75) is 33.1 Å². The molecule has 0 atom stereocenters. The molecule has 36 heavy (non-hydrogen) atoms. The highest BCUT2D eigenvalue weighted by atomic mass is 16.6. The van der Waals surface area contributed by atoms with E-state index in [0.717, 1.165) is 5.56 Å². The SMILES string of the molecule is CC(=O)c1cccc(NC(=O)/C(=C/c2ccc([N+](=O)[O-])cc2)NC(=O)c2ccc(C(C)(C)C)cc2)c1. The van der Waals surface area contributed by atoms with Crippen molar-refractivity contribution in [3.63, 3.8) is 0 Å². The molecule has 0 radical (unpaired) electrons. The van der Waals surface area contributed by atoms with Crippen molar-refractivity contribution in [3.8, 4) is 0 Å². The zero-order chi connectivity index (χ0) is 26.5. The Balaban J connectivity index is 1.91. The number of carbonyl (C=O) groups excluding carboxylic acids is 3. The first kappa shape index (κ1) is 26.0. The second-order valence-electron chi connectivity index (χ2n) is 9.28. The predicted octanol–water partition coefficient (Wildman–Crippen LogP) is 5.50. The molecule has 2 N–H and O–H groups in total. The summed E-state index contributed by atoms with van der Waals surface area (Å²) < 4.78 is 0. The standard InChI is InChI=1S/C28H27N3O5/c1-18(32)21-6-5-7-23(17-21)29-27(34)25(16-19-8-14-24(15-9-19)31(35)36)30-26(33)20-10-12-22(13-11-20)28(2,3)4/h5-17H,1-4H3,(H,29,34)(H,30,33)/b25-16-. The van der Waals surface area contributed by atoms with Crippen molar-refractivity contribution in [2.24, 2.45) is 0 Å². The Morgan fingerprint density at radius 3 is 2.08 bits per heavy atom. The van der Waals surface area contributed by atoms with Gasteiger partial charge in [-0.25, -0.2) is 0 Å². The smallest absolute Gasteiger partial charge is 0.272 e. The molecule has 184 valence electrons. The number of nitro groups is 1. The van der Waals surface area contributed by atoms with Gasteiger partial charge in [-0.2, -0.15) is 0 Å². The van der Waals surface area contributed by atoms with Crippen LogP contribution < -0.4 is 10.6 Å². The van der Waals surface area contributed by atoms with Crippen molar-refractivity contribution in [2.75, 3.05) is 5.32 Å². The summed E-state index contributed by atoms with van der Waals surface area (Å²) in [5.74, 6) is -1.26. The molecule has 0 saturated carbocycles. The monoisotopic (exact) mass is 485 g/mol. The number of nitrogens with zero attached hydrogens (tertiary/aromatic N) is 1. The normalized spacial score (nSPS) is 11.5. The number of benzene rings is 3. The molecule has 3 rings (SSSR count). The molecule has 0 heterocycles. The molecule has 3 aromatic rings. The average Bonchev–Trinajstić information content (AvgIpc) is 2.83. The molecular weight excluding hydrogens is 458 g/mol. The number of carbonyl (C=O) groups is 3. The molecule has 0 spiro atoms. The molecule has 0 unspecified atom stereocenters. The molecule has 0 aromatic heterocycles. The van der Waals surface area contributed by atoms with Gasteiger partial charge >= 0.3 is 0 Å². The van der Waals surface area contributed by atoms with E-state index >= 15 is 0 Å². The zero-order valence-electron chi connectivity index (χ0n) is 20.5. The summed E-state index contributed by atoms with van der Waals surface area (Å²) in [7, 11) is 0. The fourth-order valence-corrected chi connectivity index (χ4v) is 3.35. The van der Waals surface area contributed by atoms with Gasteiger partial charge in [0.1, 0.15) is 5.70 Å². The summed E-state index contributed by atoms with van der Waals surface area (Å²) in [6.07, 6.45) is 1.43. The van der Waals surface area contributed by atoms with Crippen LogP contribution in [0.4, 0.5) is 11.4 Å². The number of rotatable bonds is 7. The molecule has 0 fully saturated rings. The summed E-state index contributed by atoms with van der Waals surface area (Å²) in [5, 5.41) is 16.3. The molecule has 8 heteroatoms. The van der Waals surface area contributed by atoms with E-state index < -0.39 is 16.7 Å². The van der Waals surface area contributed by atoms with Gasteiger partial charge in [0.15, 0.2) is 5.78 Å². The van der Waals surface area contributed by atoms with Crippen LogP contribution in [0.1, 0.15) is 59.5 Å². The lowest BCUT2D eigenvalue weighted by atomic mass is 9.87.